The second-order valence-corrected chi connectivity index (χ2v) is 4.42. The molecule has 0 aromatic heterocycles. The number of nitrogens with two attached hydrogens (primary N) is 1. The van der Waals surface area contributed by atoms with E-state index in [9.17, 15) is 4.79 Å². The summed E-state index contributed by atoms with van der Waals surface area (Å²) in [6.45, 7) is 3.20. The highest BCUT2D eigenvalue weighted by Crippen LogP contribution is 2.22. The highest BCUT2D eigenvalue weighted by atomic mass is 16.2. The number of benzene rings is 1. The molecule has 2 unspecified atom stereocenters. The van der Waals surface area contributed by atoms with Crippen molar-refractivity contribution in [3.05, 3.63) is 30.3 Å². The van der Waals surface area contributed by atoms with Crippen molar-refractivity contribution in [1.29, 1.82) is 0 Å². The lowest BCUT2D eigenvalue weighted by Crippen LogP contribution is -2.51. The Balaban J connectivity index is 2.34. The van der Waals surface area contributed by atoms with Gasteiger partial charge in [-0.25, -0.2) is 0 Å². The third-order valence-corrected chi connectivity index (χ3v) is 3.25. The second-order valence-electron chi connectivity index (χ2n) is 4.42. The molecular formula is C13H19N3O. The van der Waals surface area contributed by atoms with Crippen LogP contribution in [0.25, 0.3) is 0 Å². The third kappa shape index (κ3) is 2.42. The van der Waals surface area contributed by atoms with Gasteiger partial charge < -0.3 is 16.0 Å². The number of para-hydroxylation sites is 1. The van der Waals surface area contributed by atoms with Gasteiger partial charge in [-0.05, 0) is 25.5 Å². The van der Waals surface area contributed by atoms with Gasteiger partial charge in [-0.3, -0.25) is 4.79 Å². The smallest absolute Gasteiger partial charge is 0.244 e. The summed E-state index contributed by atoms with van der Waals surface area (Å²) >= 11 is 0. The fourth-order valence-electron chi connectivity index (χ4n) is 2.35. The van der Waals surface area contributed by atoms with Gasteiger partial charge in [0.2, 0.25) is 5.91 Å². The van der Waals surface area contributed by atoms with Crippen LogP contribution in [0.5, 0.6) is 0 Å². The molecule has 4 heteroatoms. The Morgan fingerprint density at radius 3 is 2.76 bits per heavy atom. The number of anilines is 1. The largest absolute Gasteiger partial charge is 0.356 e. The van der Waals surface area contributed by atoms with Crippen LogP contribution in [-0.4, -0.2) is 31.1 Å². The first-order valence-corrected chi connectivity index (χ1v) is 6.05. The topological polar surface area (TPSA) is 58.4 Å². The van der Waals surface area contributed by atoms with Crippen LogP contribution in [0.3, 0.4) is 0 Å². The molecule has 2 rings (SSSR count). The van der Waals surface area contributed by atoms with Gasteiger partial charge in [-0.1, -0.05) is 18.2 Å². The van der Waals surface area contributed by atoms with Crippen molar-refractivity contribution < 1.29 is 4.79 Å². The highest BCUT2D eigenvalue weighted by Gasteiger charge is 2.30. The number of amides is 1. The summed E-state index contributed by atoms with van der Waals surface area (Å²) in [5, 5.41) is 2.92. The van der Waals surface area contributed by atoms with E-state index in [4.69, 9.17) is 5.73 Å². The van der Waals surface area contributed by atoms with Crippen LogP contribution in [0, 0.1) is 0 Å². The standard InChI is InChI=1S/C13H19N3O/c1-10-7-8-15-13(17)12(9-14)16(10)11-5-3-2-4-6-11/h2-6,10,12H,7-9,14H2,1H3,(H,15,17). The highest BCUT2D eigenvalue weighted by molar-refractivity contribution is 5.86. The lowest BCUT2D eigenvalue weighted by molar-refractivity contribution is -0.121. The van der Waals surface area contributed by atoms with Crippen molar-refractivity contribution in [3.63, 3.8) is 0 Å². The first kappa shape index (κ1) is 11.9. The average Bonchev–Trinajstić information content (AvgIpc) is 2.49. The van der Waals surface area contributed by atoms with Gasteiger partial charge in [0.15, 0.2) is 0 Å². The number of hydrogen-bond acceptors (Lipinski definition) is 3. The first-order valence-electron chi connectivity index (χ1n) is 6.05. The van der Waals surface area contributed by atoms with E-state index in [1.807, 2.05) is 30.3 Å². The van der Waals surface area contributed by atoms with E-state index in [2.05, 4.69) is 17.1 Å². The maximum absolute atomic E-state index is 11.9. The van der Waals surface area contributed by atoms with Gasteiger partial charge in [-0.2, -0.15) is 0 Å². The SMILES string of the molecule is CC1CCNC(=O)C(CN)N1c1ccccc1. The summed E-state index contributed by atoms with van der Waals surface area (Å²) in [7, 11) is 0. The monoisotopic (exact) mass is 233 g/mol. The number of nitrogens with one attached hydrogen (secondary N) is 1. The minimum absolute atomic E-state index is 0.0284. The van der Waals surface area contributed by atoms with Crippen LogP contribution in [0.2, 0.25) is 0 Å². The predicted octanol–water partition coefficient (Wildman–Crippen LogP) is 0.729. The Kier molecular flexibility index (Phi) is 3.64. The zero-order valence-corrected chi connectivity index (χ0v) is 10.1. The van der Waals surface area contributed by atoms with Gasteiger partial charge in [0.25, 0.3) is 0 Å². The summed E-state index contributed by atoms with van der Waals surface area (Å²) in [5.41, 5.74) is 6.81. The van der Waals surface area contributed by atoms with Crippen molar-refractivity contribution in [3.8, 4) is 0 Å². The number of nitrogens with zero attached hydrogens (tertiary/aromatic N) is 1. The van der Waals surface area contributed by atoms with E-state index in [-0.39, 0.29) is 11.9 Å². The molecule has 3 N–H and O–H groups in total. The molecule has 1 heterocycles. The van der Waals surface area contributed by atoms with Crippen LogP contribution in [0.15, 0.2) is 30.3 Å². The summed E-state index contributed by atoms with van der Waals surface area (Å²) in [4.78, 5) is 14.1. The summed E-state index contributed by atoms with van der Waals surface area (Å²) in [6, 6.07) is 10.0. The molecule has 1 amide bonds. The van der Waals surface area contributed by atoms with Crippen molar-refractivity contribution >= 4 is 11.6 Å². The Hall–Kier alpha value is -1.55. The van der Waals surface area contributed by atoms with Crippen molar-refractivity contribution in [2.75, 3.05) is 18.0 Å². The Bertz CT molecular complexity index is 380. The van der Waals surface area contributed by atoms with Crippen LogP contribution in [-0.2, 0) is 4.79 Å². The molecule has 1 aliphatic rings. The third-order valence-electron chi connectivity index (χ3n) is 3.25. The quantitative estimate of drug-likeness (QED) is 0.791. The molecule has 1 aromatic carbocycles. The minimum Gasteiger partial charge on any atom is -0.356 e. The summed E-state index contributed by atoms with van der Waals surface area (Å²) < 4.78 is 0. The molecule has 0 bridgehead atoms. The molecule has 17 heavy (non-hydrogen) atoms. The van der Waals surface area contributed by atoms with E-state index in [1.165, 1.54) is 0 Å². The molecular weight excluding hydrogens is 214 g/mol. The summed E-state index contributed by atoms with van der Waals surface area (Å²) in [5.74, 6) is 0.0284. The van der Waals surface area contributed by atoms with Crippen molar-refractivity contribution in [2.45, 2.75) is 25.4 Å². The van der Waals surface area contributed by atoms with Gasteiger partial charge in [0, 0.05) is 24.8 Å². The lowest BCUT2D eigenvalue weighted by Gasteiger charge is -2.34. The van der Waals surface area contributed by atoms with E-state index in [0.717, 1.165) is 18.7 Å². The minimum atomic E-state index is -0.269. The van der Waals surface area contributed by atoms with Crippen molar-refractivity contribution in [2.24, 2.45) is 5.73 Å². The van der Waals surface area contributed by atoms with E-state index in [0.29, 0.717) is 12.6 Å². The molecule has 0 aliphatic carbocycles. The molecule has 1 fully saturated rings. The van der Waals surface area contributed by atoms with Crippen LogP contribution in [0.1, 0.15) is 13.3 Å². The average molecular weight is 233 g/mol. The number of carbonyl (C=O) groups is 1. The van der Waals surface area contributed by atoms with Crippen LogP contribution >= 0.6 is 0 Å². The van der Waals surface area contributed by atoms with Gasteiger partial charge in [0.1, 0.15) is 6.04 Å². The normalized spacial score (nSPS) is 25.3. The summed E-state index contributed by atoms with van der Waals surface area (Å²) in [6.07, 6.45) is 0.942. The molecule has 92 valence electrons. The van der Waals surface area contributed by atoms with Gasteiger partial charge in [-0.15, -0.1) is 0 Å². The molecule has 4 nitrogen and oxygen atoms in total. The first-order chi connectivity index (χ1) is 8.24. The van der Waals surface area contributed by atoms with Crippen LogP contribution in [0.4, 0.5) is 5.69 Å². The molecule has 1 saturated heterocycles. The maximum Gasteiger partial charge on any atom is 0.244 e. The van der Waals surface area contributed by atoms with Gasteiger partial charge in [0.05, 0.1) is 0 Å². The zero-order chi connectivity index (χ0) is 12.3. The van der Waals surface area contributed by atoms with Gasteiger partial charge >= 0.3 is 0 Å². The van der Waals surface area contributed by atoms with E-state index in [1.54, 1.807) is 0 Å². The fourth-order valence-corrected chi connectivity index (χ4v) is 2.35. The number of rotatable bonds is 2. The molecule has 0 spiro atoms. The maximum atomic E-state index is 11.9. The fraction of sp³-hybridized carbons (Fsp3) is 0.462. The number of carbonyl (C=O) groups excluding carboxylic acids is 1. The second kappa shape index (κ2) is 5.19. The van der Waals surface area contributed by atoms with Crippen molar-refractivity contribution in [1.82, 2.24) is 5.32 Å². The molecule has 1 aliphatic heterocycles. The molecule has 0 radical (unpaired) electrons. The number of hydrogen-bond donors (Lipinski definition) is 2. The molecule has 2 atom stereocenters. The predicted molar refractivity (Wildman–Crippen MR) is 68.9 cm³/mol. The zero-order valence-electron chi connectivity index (χ0n) is 10.1. The Labute approximate surface area is 102 Å². The Morgan fingerprint density at radius 1 is 1.41 bits per heavy atom. The molecule has 1 aromatic rings. The van der Waals surface area contributed by atoms with Crippen LogP contribution < -0.4 is 16.0 Å². The lowest BCUT2D eigenvalue weighted by atomic mass is 10.1. The van der Waals surface area contributed by atoms with E-state index >= 15 is 0 Å². The van der Waals surface area contributed by atoms with E-state index < -0.39 is 0 Å². The Morgan fingerprint density at radius 2 is 2.12 bits per heavy atom. The molecule has 0 saturated carbocycles.